The van der Waals surface area contributed by atoms with Gasteiger partial charge in [-0.2, -0.15) is 0 Å². The molecule has 2 rings (SSSR count). The van der Waals surface area contributed by atoms with Crippen LogP contribution in [0.15, 0.2) is 17.2 Å². The molecule has 0 radical (unpaired) electrons. The molecule has 5 nitrogen and oxygen atoms in total. The minimum atomic E-state index is -3.32. The molecule has 0 aliphatic heterocycles. The molecule has 0 atom stereocenters. The number of aromatic nitrogens is 1. The van der Waals surface area contributed by atoms with Gasteiger partial charge in [-0.05, 0) is 18.9 Å². The van der Waals surface area contributed by atoms with Crippen LogP contribution in [0.4, 0.5) is 0 Å². The number of aryl methyl sites for hydroxylation is 1. The van der Waals surface area contributed by atoms with E-state index in [1.807, 2.05) is 11.6 Å². The Morgan fingerprint density at radius 2 is 2.12 bits per heavy atom. The molecule has 0 saturated heterocycles. The summed E-state index contributed by atoms with van der Waals surface area (Å²) in [6.45, 7) is 0.726. The molecule has 96 valence electrons. The van der Waals surface area contributed by atoms with Crippen LogP contribution < -0.4 is 5.32 Å². The lowest BCUT2D eigenvalue weighted by molar-refractivity contribution is 0.520. The van der Waals surface area contributed by atoms with E-state index < -0.39 is 10.0 Å². The highest BCUT2D eigenvalue weighted by molar-refractivity contribution is 7.89. The topological polar surface area (TPSA) is 54.3 Å². The van der Waals surface area contributed by atoms with Crippen LogP contribution in [0.2, 0.25) is 0 Å². The molecule has 1 N–H and O–H groups in total. The Bertz CT molecular complexity index is 501. The van der Waals surface area contributed by atoms with E-state index in [9.17, 15) is 8.42 Å². The average molecular weight is 257 g/mol. The van der Waals surface area contributed by atoms with Crippen molar-refractivity contribution in [2.75, 3.05) is 14.1 Å². The molecule has 1 heterocycles. The number of nitrogens with zero attached hydrogens (tertiary/aromatic N) is 2. The molecule has 1 aliphatic rings. The van der Waals surface area contributed by atoms with Crippen molar-refractivity contribution >= 4 is 10.0 Å². The Morgan fingerprint density at radius 3 is 2.65 bits per heavy atom. The summed E-state index contributed by atoms with van der Waals surface area (Å²) in [7, 11) is 1.65. The van der Waals surface area contributed by atoms with Gasteiger partial charge in [-0.15, -0.1) is 0 Å². The van der Waals surface area contributed by atoms with Crippen molar-refractivity contribution in [3.63, 3.8) is 0 Å². The summed E-state index contributed by atoms with van der Waals surface area (Å²) in [4.78, 5) is 0.359. The molecule has 0 amide bonds. The van der Waals surface area contributed by atoms with Crippen molar-refractivity contribution in [2.24, 2.45) is 7.05 Å². The monoisotopic (exact) mass is 257 g/mol. The van der Waals surface area contributed by atoms with Gasteiger partial charge < -0.3 is 9.88 Å². The zero-order valence-corrected chi connectivity index (χ0v) is 11.3. The van der Waals surface area contributed by atoms with Crippen LogP contribution in [0, 0.1) is 0 Å². The van der Waals surface area contributed by atoms with E-state index >= 15 is 0 Å². The van der Waals surface area contributed by atoms with Gasteiger partial charge in [-0.25, -0.2) is 12.7 Å². The average Bonchev–Trinajstić information content (AvgIpc) is 2.99. The van der Waals surface area contributed by atoms with Crippen LogP contribution >= 0.6 is 0 Å². The summed E-state index contributed by atoms with van der Waals surface area (Å²) in [5.74, 6) is 0. The fourth-order valence-corrected chi connectivity index (χ4v) is 2.64. The third-order valence-corrected chi connectivity index (χ3v) is 4.79. The van der Waals surface area contributed by atoms with E-state index in [2.05, 4.69) is 5.32 Å². The zero-order valence-electron chi connectivity index (χ0n) is 10.5. The largest absolute Gasteiger partial charge is 0.352 e. The maximum absolute atomic E-state index is 11.9. The quantitative estimate of drug-likeness (QED) is 0.837. The van der Waals surface area contributed by atoms with Gasteiger partial charge in [0.15, 0.2) is 0 Å². The highest BCUT2D eigenvalue weighted by Crippen LogP contribution is 2.21. The Balaban J connectivity index is 2.17. The highest BCUT2D eigenvalue weighted by atomic mass is 32.2. The van der Waals surface area contributed by atoms with Crippen LogP contribution in [0.1, 0.15) is 18.5 Å². The summed E-state index contributed by atoms with van der Waals surface area (Å²) in [6, 6.07) is 2.36. The lowest BCUT2D eigenvalue weighted by Gasteiger charge is -2.08. The fraction of sp³-hybridized carbons (Fsp3) is 0.636. The Labute approximate surface area is 102 Å². The third-order valence-electron chi connectivity index (χ3n) is 3.01. The number of rotatable bonds is 5. The molecule has 1 aliphatic carbocycles. The molecule has 0 aromatic carbocycles. The van der Waals surface area contributed by atoms with Gasteiger partial charge in [0.05, 0.1) is 0 Å². The molecule has 1 saturated carbocycles. The van der Waals surface area contributed by atoms with Gasteiger partial charge in [-0.1, -0.05) is 0 Å². The predicted molar refractivity (Wildman–Crippen MR) is 66.1 cm³/mol. The standard InChI is InChI=1S/C11H19N3O2S/c1-13(2)17(15,16)11-6-10(14(3)8-11)7-12-9-4-5-9/h6,8-9,12H,4-5,7H2,1-3H3. The second kappa shape index (κ2) is 4.44. The summed E-state index contributed by atoms with van der Waals surface area (Å²) in [5, 5.41) is 3.38. The van der Waals surface area contributed by atoms with E-state index in [-0.39, 0.29) is 0 Å². The summed E-state index contributed by atoms with van der Waals surface area (Å²) < 4.78 is 27.0. The molecule has 1 aromatic rings. The zero-order chi connectivity index (χ0) is 12.6. The van der Waals surface area contributed by atoms with E-state index in [1.54, 1.807) is 26.4 Å². The first-order valence-corrected chi connectivity index (χ1v) is 7.16. The molecule has 6 heteroatoms. The summed E-state index contributed by atoms with van der Waals surface area (Å²) in [6.07, 6.45) is 4.12. The smallest absolute Gasteiger partial charge is 0.244 e. The number of hydrogen-bond donors (Lipinski definition) is 1. The van der Waals surface area contributed by atoms with Crippen LogP contribution in [-0.2, 0) is 23.6 Å². The first-order valence-electron chi connectivity index (χ1n) is 5.72. The van der Waals surface area contributed by atoms with Crippen molar-refractivity contribution in [1.82, 2.24) is 14.2 Å². The van der Waals surface area contributed by atoms with Crippen LogP contribution in [-0.4, -0.2) is 37.4 Å². The van der Waals surface area contributed by atoms with Gasteiger partial charge in [0, 0.05) is 45.6 Å². The Kier molecular flexibility index (Phi) is 3.29. The molecule has 0 unspecified atom stereocenters. The van der Waals surface area contributed by atoms with E-state index in [1.165, 1.54) is 17.1 Å². The third kappa shape index (κ3) is 2.70. The maximum atomic E-state index is 11.9. The first kappa shape index (κ1) is 12.6. The van der Waals surface area contributed by atoms with Gasteiger partial charge in [0.2, 0.25) is 10.0 Å². The van der Waals surface area contributed by atoms with Crippen molar-refractivity contribution in [2.45, 2.75) is 30.3 Å². The normalized spacial score (nSPS) is 16.7. The van der Waals surface area contributed by atoms with Crippen LogP contribution in [0.3, 0.4) is 0 Å². The second-order valence-corrected chi connectivity index (χ2v) is 6.87. The van der Waals surface area contributed by atoms with E-state index in [4.69, 9.17) is 0 Å². The molecule has 1 aromatic heterocycles. The molecular formula is C11H19N3O2S. The predicted octanol–water partition coefficient (Wildman–Crippen LogP) is 0.527. The van der Waals surface area contributed by atoms with Crippen molar-refractivity contribution < 1.29 is 8.42 Å². The fourth-order valence-electron chi connectivity index (χ4n) is 1.64. The molecule has 0 spiro atoms. The number of nitrogens with one attached hydrogen (secondary N) is 1. The Hall–Kier alpha value is -0.850. The Morgan fingerprint density at radius 1 is 1.47 bits per heavy atom. The van der Waals surface area contributed by atoms with Gasteiger partial charge >= 0.3 is 0 Å². The molecular weight excluding hydrogens is 238 g/mol. The van der Waals surface area contributed by atoms with Crippen LogP contribution in [0.5, 0.6) is 0 Å². The molecule has 17 heavy (non-hydrogen) atoms. The maximum Gasteiger partial charge on any atom is 0.244 e. The van der Waals surface area contributed by atoms with Crippen molar-refractivity contribution in [3.8, 4) is 0 Å². The van der Waals surface area contributed by atoms with Gasteiger partial charge in [-0.3, -0.25) is 0 Å². The van der Waals surface area contributed by atoms with Gasteiger partial charge in [0.25, 0.3) is 0 Å². The SMILES string of the molecule is CN(C)S(=O)(=O)c1cc(CNC2CC2)n(C)c1. The van der Waals surface area contributed by atoms with Gasteiger partial charge in [0.1, 0.15) is 4.90 Å². The van der Waals surface area contributed by atoms with Crippen molar-refractivity contribution in [1.29, 1.82) is 0 Å². The van der Waals surface area contributed by atoms with E-state index in [0.717, 1.165) is 12.2 Å². The van der Waals surface area contributed by atoms with E-state index in [0.29, 0.717) is 10.9 Å². The number of sulfonamides is 1. The second-order valence-electron chi connectivity index (χ2n) is 4.72. The first-order chi connectivity index (χ1) is 7.91. The minimum Gasteiger partial charge on any atom is -0.352 e. The minimum absolute atomic E-state index is 0.359. The lowest BCUT2D eigenvalue weighted by atomic mass is 10.4. The van der Waals surface area contributed by atoms with Crippen LogP contribution in [0.25, 0.3) is 0 Å². The highest BCUT2D eigenvalue weighted by Gasteiger charge is 2.22. The van der Waals surface area contributed by atoms with Crippen molar-refractivity contribution in [3.05, 3.63) is 18.0 Å². The lowest BCUT2D eigenvalue weighted by Crippen LogP contribution is -2.21. The number of hydrogen-bond acceptors (Lipinski definition) is 3. The molecule has 0 bridgehead atoms. The summed E-state index contributed by atoms with van der Waals surface area (Å²) in [5.41, 5.74) is 0.998. The molecule has 1 fully saturated rings. The summed E-state index contributed by atoms with van der Waals surface area (Å²) >= 11 is 0.